The number of allylic oxidation sites excluding steroid dienone is 8. The Kier molecular flexibility index (Phi) is 12.9. The van der Waals surface area contributed by atoms with Crippen LogP contribution >= 0.6 is 0 Å². The summed E-state index contributed by atoms with van der Waals surface area (Å²) in [6.07, 6.45) is 23.9. The molecule has 368 valence electrons. The summed E-state index contributed by atoms with van der Waals surface area (Å²) < 4.78 is 36.4. The maximum atomic E-state index is 8.75. The fourth-order valence-electron chi connectivity index (χ4n) is 9.50. The average molecular weight is 1150 g/mol. The van der Waals surface area contributed by atoms with E-state index in [1.54, 1.807) is 6.07 Å². The van der Waals surface area contributed by atoms with Crippen molar-refractivity contribution in [3.63, 3.8) is 0 Å². The fourth-order valence-corrected chi connectivity index (χ4v) is 9.50. The molecule has 6 aromatic carbocycles. The van der Waals surface area contributed by atoms with E-state index in [0.29, 0.717) is 28.0 Å². The smallest absolute Gasteiger partial charge is 0.213 e. The predicted octanol–water partition coefficient (Wildman–Crippen LogP) is 14.4. The summed E-state index contributed by atoms with van der Waals surface area (Å²) >= 11 is 0. The molecule has 0 fully saturated rings. The van der Waals surface area contributed by atoms with Crippen LogP contribution in [-0.4, -0.2) is 28.7 Å². The number of para-hydroxylation sites is 5. The number of nitrogens with one attached hydrogen (secondary N) is 2. The summed E-state index contributed by atoms with van der Waals surface area (Å²) in [4.78, 5) is 9.47. The maximum Gasteiger partial charge on any atom is 0.213 e. The summed E-state index contributed by atoms with van der Waals surface area (Å²) in [5.74, 6) is 5.34. The molecule has 0 saturated carbocycles. The van der Waals surface area contributed by atoms with E-state index in [0.717, 1.165) is 72.2 Å². The van der Waals surface area contributed by atoms with Gasteiger partial charge in [-0.15, -0.1) is 65.6 Å². The van der Waals surface area contributed by atoms with Crippen LogP contribution < -0.4 is 25.2 Å². The van der Waals surface area contributed by atoms with Crippen LogP contribution in [0.5, 0.6) is 11.5 Å². The third-order valence-electron chi connectivity index (χ3n) is 13.3. The Bertz CT molecular complexity index is 3760. The van der Waals surface area contributed by atoms with Gasteiger partial charge in [0.15, 0.2) is 14.6 Å². The Morgan fingerprint density at radius 2 is 1.26 bits per heavy atom. The van der Waals surface area contributed by atoms with E-state index >= 15 is 0 Å². The minimum atomic E-state index is -2.53. The first-order chi connectivity index (χ1) is 36.6. The number of anilines is 4. The van der Waals surface area contributed by atoms with E-state index in [9.17, 15) is 0 Å². The first-order valence-corrected chi connectivity index (χ1v) is 24.6. The number of hydrogen-bond donors (Lipinski definition) is 2. The topological polar surface area (TPSA) is 62.5 Å². The summed E-state index contributed by atoms with van der Waals surface area (Å²) in [7, 11) is 4.29. The number of fused-ring (bicyclic) bond motifs is 5. The third-order valence-corrected chi connectivity index (χ3v) is 13.3. The van der Waals surface area contributed by atoms with Crippen molar-refractivity contribution in [3.8, 4) is 17.4 Å². The molecule has 2 radical (unpaired) electrons. The first kappa shape index (κ1) is 46.1. The molecule has 8 nitrogen and oxygen atoms in total. The van der Waals surface area contributed by atoms with E-state index in [4.69, 9.17) is 13.8 Å². The third kappa shape index (κ3) is 9.79. The zero-order valence-corrected chi connectivity index (χ0v) is 44.4. The van der Waals surface area contributed by atoms with Crippen LogP contribution in [-0.2, 0) is 38.9 Å². The maximum absolute atomic E-state index is 8.75. The molecule has 2 N–H and O–H groups in total. The molecule has 0 bridgehead atoms. The summed E-state index contributed by atoms with van der Waals surface area (Å²) in [6.45, 7) is 12.8. The van der Waals surface area contributed by atoms with Crippen molar-refractivity contribution in [3.05, 3.63) is 236 Å². The van der Waals surface area contributed by atoms with Crippen LogP contribution in [0.3, 0.4) is 0 Å². The van der Waals surface area contributed by atoms with Crippen molar-refractivity contribution in [1.82, 2.24) is 24.8 Å². The largest absolute Gasteiger partial charge is 0.509 e. The predicted molar refractivity (Wildman–Crippen MR) is 307 cm³/mol. The van der Waals surface area contributed by atoms with Gasteiger partial charge < -0.3 is 34.3 Å². The van der Waals surface area contributed by atoms with Gasteiger partial charge in [-0.25, -0.2) is 4.98 Å². The van der Waals surface area contributed by atoms with Gasteiger partial charge in [0.05, 0.1) is 11.0 Å². The zero-order valence-electron chi connectivity index (χ0n) is 45.2. The van der Waals surface area contributed by atoms with Gasteiger partial charge >= 0.3 is 0 Å². The Hall–Kier alpha value is -7.67. The van der Waals surface area contributed by atoms with Gasteiger partial charge in [0.2, 0.25) is 5.95 Å². The zero-order chi connectivity index (χ0) is 52.8. The molecule has 11 rings (SSSR count). The van der Waals surface area contributed by atoms with E-state index in [2.05, 4.69) is 186 Å². The molecule has 5 heterocycles. The molecule has 8 aromatic rings. The summed E-state index contributed by atoms with van der Waals surface area (Å²) in [6, 6.07) is 44.2. The van der Waals surface area contributed by atoms with Gasteiger partial charge in [-0.2, -0.15) is 6.07 Å². The van der Waals surface area contributed by atoms with Crippen molar-refractivity contribution < 1.29 is 29.9 Å². The van der Waals surface area contributed by atoms with Gasteiger partial charge in [0, 0.05) is 91.0 Å². The Labute approximate surface area is 455 Å². The van der Waals surface area contributed by atoms with Gasteiger partial charge in [0.1, 0.15) is 0 Å². The number of ether oxygens (including phenoxy) is 1. The molecular formula is C63H56B2N7OPt-3. The second kappa shape index (κ2) is 20.7. The SMILES string of the molecule is [2H]C([2H])([2H])n1c(-n2c3[c-]c(Oc4[c-]c(N5[CH-]N(c6c(/C7=C/C=C\N/C=C\C=C/[B]7)cccc6/C6=C/C=C\N/C=C\C=C/[B]6)c6ccccc65)cc(C(C)(C)C)c4)ccc3c3cc(C(C)(C)C)ccc32)nc2ccccc21.[Pt]. The molecule has 0 saturated heterocycles. The van der Waals surface area contributed by atoms with Crippen LogP contribution in [0, 0.1) is 18.8 Å². The molecule has 2 aromatic heterocycles. The van der Waals surface area contributed by atoms with Gasteiger partial charge in [-0.3, -0.25) is 0 Å². The molecule has 11 heteroatoms. The average Bonchev–Trinajstić information content (AvgIpc) is 4.21. The number of hydrogen-bond acceptors (Lipinski definition) is 6. The Balaban J connectivity index is 0.00000672. The van der Waals surface area contributed by atoms with Crippen LogP contribution in [0.15, 0.2) is 195 Å². The standard InChI is InChI=1S/C63H56B2N7O.Pt/c1-62(2,3)43-27-30-55-51(39-43)48-29-28-46(41-59(48)72(55)61-68-54-23-8-9-24-56(54)69(61)7)73-47-38-44(63(4,5)6)37-45(40-47)70-42-71(58-26-11-10-25-57(58)70)60-49(52-21-17-35-66-33-14-12-31-64-52)19-16-20-50(60)53-22-18-36-67-34-15-13-32-65-53;/h8-39,42,66-67H,1-7H3;/q-3;/b31-12-,32-13-,33-14-,34-15-,35-17-,36-18-,52-21-,53-22-;/i7D3;. The van der Waals surface area contributed by atoms with Crippen molar-refractivity contribution in [1.29, 1.82) is 0 Å². The van der Waals surface area contributed by atoms with Crippen molar-refractivity contribution in [2.45, 2.75) is 52.4 Å². The molecule has 0 spiro atoms. The molecular weight excluding hydrogens is 1090 g/mol. The monoisotopic (exact) mass is 1150 g/mol. The molecule has 0 unspecified atom stereocenters. The van der Waals surface area contributed by atoms with Crippen LogP contribution in [0.2, 0.25) is 0 Å². The second-order valence-electron chi connectivity index (χ2n) is 20.3. The van der Waals surface area contributed by atoms with Crippen LogP contribution in [0.4, 0.5) is 22.7 Å². The number of rotatable bonds is 7. The normalized spacial score (nSPS) is 19.5. The van der Waals surface area contributed by atoms with Crippen LogP contribution in [0.1, 0.15) is 67.9 Å². The van der Waals surface area contributed by atoms with Crippen molar-refractivity contribution in [2.24, 2.45) is 6.98 Å². The van der Waals surface area contributed by atoms with Gasteiger partial charge in [-0.1, -0.05) is 137 Å². The van der Waals surface area contributed by atoms with Crippen molar-refractivity contribution >= 4 is 81.1 Å². The summed E-state index contributed by atoms with van der Waals surface area (Å²) in [5, 5.41) is 8.30. The fraction of sp³-hybridized carbons (Fsp3) is 0.143. The first-order valence-electron chi connectivity index (χ1n) is 26.1. The van der Waals surface area contributed by atoms with Gasteiger partial charge in [0.25, 0.3) is 0 Å². The number of benzene rings is 6. The molecule has 0 aliphatic carbocycles. The second-order valence-corrected chi connectivity index (χ2v) is 20.3. The van der Waals surface area contributed by atoms with Crippen LogP contribution in [0.25, 0.3) is 49.7 Å². The summed E-state index contributed by atoms with van der Waals surface area (Å²) in [5.41, 5.74) is 12.2. The number of nitrogens with zero attached hydrogens (tertiary/aromatic N) is 5. The Morgan fingerprint density at radius 1 is 0.608 bits per heavy atom. The number of imidazole rings is 1. The van der Waals surface area contributed by atoms with Crippen molar-refractivity contribution in [2.75, 3.05) is 9.80 Å². The number of aromatic nitrogens is 3. The quantitative estimate of drug-likeness (QED) is 0.122. The minimum absolute atomic E-state index is 0. The number of aryl methyl sites for hydroxylation is 1. The minimum Gasteiger partial charge on any atom is -0.509 e. The molecule has 0 atom stereocenters. The van der Waals surface area contributed by atoms with E-state index in [-0.39, 0.29) is 37.8 Å². The van der Waals surface area contributed by atoms with E-state index < -0.39 is 6.98 Å². The van der Waals surface area contributed by atoms with Gasteiger partial charge in [-0.05, 0) is 87.5 Å². The molecule has 0 amide bonds. The molecule has 3 aliphatic heterocycles. The van der Waals surface area contributed by atoms with E-state index in [1.807, 2.05) is 102 Å². The molecule has 3 aliphatic rings. The molecule has 74 heavy (non-hydrogen) atoms. The Morgan fingerprint density at radius 3 is 1.93 bits per heavy atom. The van der Waals surface area contributed by atoms with E-state index in [1.165, 1.54) is 4.57 Å².